The second kappa shape index (κ2) is 8.52. The Bertz CT molecular complexity index is 1030. The number of rotatable bonds is 5. The fourth-order valence-corrected chi connectivity index (χ4v) is 3.65. The van der Waals surface area contributed by atoms with Crippen LogP contribution in [0.2, 0.25) is 0 Å². The van der Waals surface area contributed by atoms with Gasteiger partial charge in [-0.05, 0) is 51.0 Å². The third kappa shape index (κ3) is 4.42. The zero-order valence-electron chi connectivity index (χ0n) is 17.4. The molecule has 1 amide bonds. The number of methoxy groups -OCH3 is 1. The van der Waals surface area contributed by atoms with E-state index < -0.39 is 0 Å². The van der Waals surface area contributed by atoms with Gasteiger partial charge in [-0.2, -0.15) is 5.10 Å². The minimum Gasteiger partial charge on any atom is -0.497 e. The molecule has 1 fully saturated rings. The molecule has 156 valence electrons. The van der Waals surface area contributed by atoms with Crippen LogP contribution < -0.4 is 9.47 Å². The van der Waals surface area contributed by atoms with Gasteiger partial charge in [-0.1, -0.05) is 12.1 Å². The lowest BCUT2D eigenvalue weighted by molar-refractivity contribution is 0.0510. The number of piperidine rings is 1. The number of amides is 1. The fourth-order valence-electron chi connectivity index (χ4n) is 3.65. The lowest BCUT2D eigenvalue weighted by Gasteiger charge is -2.32. The molecule has 0 spiro atoms. The van der Waals surface area contributed by atoms with E-state index in [0.29, 0.717) is 30.5 Å². The molecule has 1 aliphatic heterocycles. The number of nitrogens with zero attached hydrogens (tertiary/aromatic N) is 4. The van der Waals surface area contributed by atoms with Crippen LogP contribution in [-0.2, 0) is 0 Å². The molecule has 1 aromatic carbocycles. The van der Waals surface area contributed by atoms with Gasteiger partial charge >= 0.3 is 6.01 Å². The number of nitrogens with one attached hydrogen (secondary N) is 1. The van der Waals surface area contributed by atoms with Crippen LogP contribution in [0.3, 0.4) is 0 Å². The fraction of sp³-hybridized carbons (Fsp3) is 0.364. The highest BCUT2D eigenvalue weighted by Gasteiger charge is 2.27. The first-order valence-electron chi connectivity index (χ1n) is 10.00. The van der Waals surface area contributed by atoms with Gasteiger partial charge in [-0.3, -0.25) is 9.89 Å². The number of H-pyrrole nitrogens is 1. The molecule has 0 bridgehead atoms. The van der Waals surface area contributed by atoms with Crippen molar-refractivity contribution in [3.8, 4) is 23.0 Å². The number of hydrogen-bond donors (Lipinski definition) is 1. The van der Waals surface area contributed by atoms with E-state index in [0.717, 1.165) is 35.5 Å². The van der Waals surface area contributed by atoms with Gasteiger partial charge in [0.2, 0.25) is 0 Å². The van der Waals surface area contributed by atoms with E-state index in [1.54, 1.807) is 18.1 Å². The quantitative estimate of drug-likeness (QED) is 0.698. The summed E-state index contributed by atoms with van der Waals surface area (Å²) in [6.07, 6.45) is 1.58. The number of carbonyl (C=O) groups excluding carboxylic acids is 1. The lowest BCUT2D eigenvalue weighted by Crippen LogP contribution is -2.44. The summed E-state index contributed by atoms with van der Waals surface area (Å²) in [5.41, 5.74) is 3.77. The van der Waals surface area contributed by atoms with Gasteiger partial charge < -0.3 is 14.4 Å². The number of carbonyl (C=O) groups is 1. The van der Waals surface area contributed by atoms with Crippen LogP contribution in [0, 0.1) is 13.8 Å². The molecule has 1 saturated heterocycles. The van der Waals surface area contributed by atoms with Gasteiger partial charge in [-0.15, -0.1) is 0 Å². The van der Waals surface area contributed by atoms with Gasteiger partial charge in [0.1, 0.15) is 17.5 Å². The maximum absolute atomic E-state index is 13.0. The largest absolute Gasteiger partial charge is 0.497 e. The number of aromatic amines is 1. The molecule has 1 N–H and O–H groups in total. The van der Waals surface area contributed by atoms with Crippen molar-refractivity contribution in [3.05, 3.63) is 53.5 Å². The zero-order chi connectivity index (χ0) is 21.1. The Morgan fingerprint density at radius 3 is 2.73 bits per heavy atom. The van der Waals surface area contributed by atoms with Crippen molar-refractivity contribution in [1.82, 2.24) is 25.1 Å². The summed E-state index contributed by atoms with van der Waals surface area (Å²) >= 11 is 0. The van der Waals surface area contributed by atoms with Crippen molar-refractivity contribution in [1.29, 1.82) is 0 Å². The molecule has 8 heteroatoms. The normalized spacial score (nSPS) is 16.4. The Kier molecular flexibility index (Phi) is 5.65. The number of aryl methyl sites for hydroxylation is 2. The van der Waals surface area contributed by atoms with Gasteiger partial charge in [-0.25, -0.2) is 9.97 Å². The van der Waals surface area contributed by atoms with Crippen molar-refractivity contribution in [2.75, 3.05) is 20.2 Å². The summed E-state index contributed by atoms with van der Waals surface area (Å²) in [5, 5.41) is 7.18. The molecule has 1 aliphatic rings. The molecule has 0 saturated carbocycles. The van der Waals surface area contributed by atoms with E-state index in [1.807, 2.05) is 44.2 Å². The van der Waals surface area contributed by atoms with Crippen molar-refractivity contribution in [3.63, 3.8) is 0 Å². The van der Waals surface area contributed by atoms with E-state index >= 15 is 0 Å². The molecule has 0 aliphatic carbocycles. The third-order valence-corrected chi connectivity index (χ3v) is 5.07. The Morgan fingerprint density at radius 1 is 1.17 bits per heavy atom. The lowest BCUT2D eigenvalue weighted by atomic mass is 10.1. The van der Waals surface area contributed by atoms with E-state index in [-0.39, 0.29) is 12.0 Å². The number of aromatic nitrogens is 4. The van der Waals surface area contributed by atoms with E-state index in [1.165, 1.54) is 0 Å². The molecule has 0 radical (unpaired) electrons. The minimum atomic E-state index is -0.135. The SMILES string of the molecule is COc1cccc(-c2cc(C(=O)N3CCCC(Oc4nc(C)cc(C)n4)C3)[nH]n2)c1. The highest BCUT2D eigenvalue weighted by atomic mass is 16.5. The highest BCUT2D eigenvalue weighted by molar-refractivity contribution is 5.93. The molecule has 1 unspecified atom stereocenters. The standard InChI is InChI=1S/C22H25N5O3/c1-14-10-15(2)24-22(23-14)30-18-8-5-9-27(13-18)21(28)20-12-19(25-26-20)16-6-4-7-17(11-16)29-3/h4,6-7,10-12,18H,5,8-9,13H2,1-3H3,(H,25,26). The molecule has 30 heavy (non-hydrogen) atoms. The third-order valence-electron chi connectivity index (χ3n) is 5.07. The minimum absolute atomic E-state index is 0.0914. The second-order valence-electron chi connectivity index (χ2n) is 7.47. The van der Waals surface area contributed by atoms with Crippen LogP contribution in [0.15, 0.2) is 36.4 Å². The molecule has 2 aromatic heterocycles. The van der Waals surface area contributed by atoms with E-state index in [4.69, 9.17) is 9.47 Å². The summed E-state index contributed by atoms with van der Waals surface area (Å²) in [7, 11) is 1.62. The molecule has 4 rings (SSSR count). The Morgan fingerprint density at radius 2 is 1.97 bits per heavy atom. The van der Waals surface area contributed by atoms with Crippen LogP contribution in [-0.4, -0.2) is 57.3 Å². The van der Waals surface area contributed by atoms with Crippen LogP contribution in [0.25, 0.3) is 11.3 Å². The van der Waals surface area contributed by atoms with Crippen LogP contribution in [0.5, 0.6) is 11.8 Å². The summed E-state index contributed by atoms with van der Waals surface area (Å²) in [6.45, 7) is 5.00. The monoisotopic (exact) mass is 407 g/mol. The van der Waals surface area contributed by atoms with Gasteiger partial charge in [0, 0.05) is 23.5 Å². The predicted molar refractivity (Wildman–Crippen MR) is 112 cm³/mol. The average Bonchev–Trinajstić information content (AvgIpc) is 3.23. The second-order valence-corrected chi connectivity index (χ2v) is 7.47. The number of benzene rings is 1. The van der Waals surface area contributed by atoms with Gasteiger partial charge in [0.05, 0.1) is 19.3 Å². The first-order chi connectivity index (χ1) is 14.5. The molecule has 3 heterocycles. The topological polar surface area (TPSA) is 93.2 Å². The Balaban J connectivity index is 1.45. The first kappa shape index (κ1) is 19.9. The number of hydrogen-bond acceptors (Lipinski definition) is 6. The van der Waals surface area contributed by atoms with Gasteiger partial charge in [0.25, 0.3) is 5.91 Å². The van der Waals surface area contributed by atoms with Crippen LogP contribution in [0.4, 0.5) is 0 Å². The average molecular weight is 407 g/mol. The predicted octanol–water partition coefficient (Wildman–Crippen LogP) is 3.18. The molecule has 1 atom stereocenters. The molecule has 8 nitrogen and oxygen atoms in total. The van der Waals surface area contributed by atoms with Crippen molar-refractivity contribution in [2.45, 2.75) is 32.8 Å². The van der Waals surface area contributed by atoms with Crippen molar-refractivity contribution >= 4 is 5.91 Å². The molecular formula is C22H25N5O3. The summed E-state index contributed by atoms with van der Waals surface area (Å²) in [5.74, 6) is 0.652. The maximum atomic E-state index is 13.0. The Hall–Kier alpha value is -3.42. The summed E-state index contributed by atoms with van der Waals surface area (Å²) < 4.78 is 11.2. The zero-order valence-corrected chi connectivity index (χ0v) is 17.4. The Labute approximate surface area is 175 Å². The van der Waals surface area contributed by atoms with Crippen LogP contribution >= 0.6 is 0 Å². The van der Waals surface area contributed by atoms with E-state index in [2.05, 4.69) is 20.2 Å². The van der Waals surface area contributed by atoms with Gasteiger partial charge in [0.15, 0.2) is 0 Å². The van der Waals surface area contributed by atoms with Crippen molar-refractivity contribution in [2.24, 2.45) is 0 Å². The van der Waals surface area contributed by atoms with Crippen LogP contribution in [0.1, 0.15) is 34.7 Å². The molecule has 3 aromatic rings. The number of likely N-dealkylation sites (tertiary alicyclic amines) is 1. The maximum Gasteiger partial charge on any atom is 0.317 e. The highest BCUT2D eigenvalue weighted by Crippen LogP contribution is 2.24. The smallest absolute Gasteiger partial charge is 0.317 e. The summed E-state index contributed by atoms with van der Waals surface area (Å²) in [6, 6.07) is 11.6. The van der Waals surface area contributed by atoms with Crippen molar-refractivity contribution < 1.29 is 14.3 Å². The molecular weight excluding hydrogens is 382 g/mol. The van der Waals surface area contributed by atoms with E-state index in [9.17, 15) is 4.79 Å². The summed E-state index contributed by atoms with van der Waals surface area (Å²) in [4.78, 5) is 23.5. The number of ether oxygens (including phenoxy) is 2. The first-order valence-corrected chi connectivity index (χ1v) is 10.00.